The zero-order valence-corrected chi connectivity index (χ0v) is 5.44. The van der Waals surface area contributed by atoms with Gasteiger partial charge in [-0.05, 0) is 18.9 Å². The third kappa shape index (κ3) is 1.97. The van der Waals surface area contributed by atoms with Crippen LogP contribution < -0.4 is 0 Å². The van der Waals surface area contributed by atoms with E-state index < -0.39 is 0 Å². The van der Waals surface area contributed by atoms with E-state index in [1.165, 1.54) is 0 Å². The lowest BCUT2D eigenvalue weighted by Crippen LogP contribution is -2.03. The summed E-state index contributed by atoms with van der Waals surface area (Å²) in [5, 5.41) is 8.99. The zero-order valence-electron chi connectivity index (χ0n) is 5.44. The Morgan fingerprint density at radius 2 is 2.38 bits per heavy atom. The molecule has 0 bridgehead atoms. The molecule has 0 saturated carbocycles. The molecule has 0 aromatic carbocycles. The molecule has 0 fully saturated rings. The van der Waals surface area contributed by atoms with E-state index in [9.17, 15) is 0 Å². The Labute approximate surface area is 50.3 Å². The van der Waals surface area contributed by atoms with Crippen molar-refractivity contribution < 1.29 is 5.11 Å². The highest BCUT2D eigenvalue weighted by molar-refractivity contribution is 5.00. The number of aliphatic hydroxyl groups is 1. The van der Waals surface area contributed by atoms with Crippen LogP contribution in [0.3, 0.4) is 0 Å². The minimum atomic E-state index is -0.340. The largest absolute Gasteiger partial charge is 0.388 e. The van der Waals surface area contributed by atoms with Gasteiger partial charge in [0, 0.05) is 0 Å². The highest BCUT2D eigenvalue weighted by Crippen LogP contribution is 2.00. The second kappa shape index (κ2) is 3.48. The molecular weight excluding hydrogens is 100 g/mol. The summed E-state index contributed by atoms with van der Waals surface area (Å²) in [6, 6.07) is 0. The van der Waals surface area contributed by atoms with E-state index in [1.54, 1.807) is 0 Å². The summed E-state index contributed by atoms with van der Waals surface area (Å²) in [7, 11) is 0. The quantitative estimate of drug-likeness (QED) is 0.536. The van der Waals surface area contributed by atoms with Gasteiger partial charge in [-0.2, -0.15) is 0 Å². The first-order chi connectivity index (χ1) is 3.72. The van der Waals surface area contributed by atoms with Crippen LogP contribution >= 0.6 is 0 Å². The molecule has 0 aliphatic carbocycles. The average Bonchev–Trinajstić information content (AvgIpc) is 1.84. The van der Waals surface area contributed by atoms with Gasteiger partial charge in [-0.15, -0.1) is 5.73 Å². The summed E-state index contributed by atoms with van der Waals surface area (Å²) in [5.41, 5.74) is 3.46. The topological polar surface area (TPSA) is 20.2 Å². The second-order valence-corrected chi connectivity index (χ2v) is 1.78. The van der Waals surface area contributed by atoms with Crippen molar-refractivity contribution in [2.75, 3.05) is 0 Å². The van der Waals surface area contributed by atoms with Crippen LogP contribution in [0.1, 0.15) is 20.3 Å². The van der Waals surface area contributed by atoms with Crippen LogP contribution in [0.25, 0.3) is 0 Å². The normalized spacial score (nSPS) is 12.4. The lowest BCUT2D eigenvalue weighted by Gasteiger charge is -2.02. The van der Waals surface area contributed by atoms with E-state index in [0.29, 0.717) is 0 Å². The van der Waals surface area contributed by atoms with Gasteiger partial charge in [-0.25, -0.2) is 0 Å². The van der Waals surface area contributed by atoms with Gasteiger partial charge in [0.1, 0.15) is 0 Å². The van der Waals surface area contributed by atoms with E-state index in [-0.39, 0.29) is 6.10 Å². The first-order valence-corrected chi connectivity index (χ1v) is 2.77. The van der Waals surface area contributed by atoms with Crippen LogP contribution in [0.2, 0.25) is 0 Å². The van der Waals surface area contributed by atoms with Crippen molar-refractivity contribution in [1.29, 1.82) is 0 Å². The molecule has 1 heteroatoms. The molecule has 0 aromatic rings. The molecule has 1 N–H and O–H groups in total. The summed E-state index contributed by atoms with van der Waals surface area (Å²) in [6.45, 7) is 7.15. The molecular formula is C7H12O. The number of hydrogen-bond donors (Lipinski definition) is 1. The predicted octanol–water partition coefficient (Wildman–Crippen LogP) is 1.49. The fourth-order valence-electron chi connectivity index (χ4n) is 0.424. The van der Waals surface area contributed by atoms with Gasteiger partial charge in [0.05, 0.1) is 6.10 Å². The van der Waals surface area contributed by atoms with Gasteiger partial charge in [0.25, 0.3) is 0 Å². The van der Waals surface area contributed by atoms with E-state index in [2.05, 4.69) is 12.3 Å². The Bertz CT molecular complexity index is 110. The molecule has 0 aliphatic heterocycles. The van der Waals surface area contributed by atoms with Gasteiger partial charge in [0.15, 0.2) is 0 Å². The Hall–Kier alpha value is -0.520. The number of hydrogen-bond acceptors (Lipinski definition) is 1. The maximum Gasteiger partial charge on any atom is 0.0818 e. The highest BCUT2D eigenvalue weighted by Gasteiger charge is 1.98. The van der Waals surface area contributed by atoms with Gasteiger partial charge >= 0.3 is 0 Å². The van der Waals surface area contributed by atoms with Gasteiger partial charge in [-0.3, -0.25) is 0 Å². The molecule has 8 heavy (non-hydrogen) atoms. The zero-order chi connectivity index (χ0) is 6.57. The molecule has 0 aliphatic rings. The molecule has 0 radical (unpaired) electrons. The van der Waals surface area contributed by atoms with E-state index in [0.717, 1.165) is 12.0 Å². The standard InChI is InChI=1S/C7H12O/c1-4-6(3)7(8)5-2/h7-8H,1,5H2,2-3H3. The molecule has 1 atom stereocenters. The Morgan fingerprint density at radius 1 is 1.88 bits per heavy atom. The molecule has 1 unspecified atom stereocenters. The fraction of sp³-hybridized carbons (Fsp3) is 0.571. The van der Waals surface area contributed by atoms with Crippen LogP contribution in [0.5, 0.6) is 0 Å². The maximum atomic E-state index is 8.99. The maximum absolute atomic E-state index is 8.99. The number of rotatable bonds is 2. The lowest BCUT2D eigenvalue weighted by molar-refractivity contribution is 0.207. The van der Waals surface area contributed by atoms with Crippen LogP contribution in [0.4, 0.5) is 0 Å². The van der Waals surface area contributed by atoms with Gasteiger partial charge in [-0.1, -0.05) is 13.5 Å². The molecule has 0 saturated heterocycles. The summed E-state index contributed by atoms with van der Waals surface area (Å²) in [6.07, 6.45) is 0.404. The summed E-state index contributed by atoms with van der Waals surface area (Å²) in [4.78, 5) is 0. The van der Waals surface area contributed by atoms with Gasteiger partial charge in [0.2, 0.25) is 0 Å². The van der Waals surface area contributed by atoms with Crippen molar-refractivity contribution in [1.82, 2.24) is 0 Å². The number of aliphatic hydroxyl groups excluding tert-OH is 1. The smallest absolute Gasteiger partial charge is 0.0818 e. The molecule has 0 rings (SSSR count). The molecule has 0 aromatic heterocycles. The first kappa shape index (κ1) is 7.48. The van der Waals surface area contributed by atoms with Crippen LogP contribution in [-0.4, -0.2) is 11.2 Å². The van der Waals surface area contributed by atoms with Crippen molar-refractivity contribution in [2.24, 2.45) is 0 Å². The van der Waals surface area contributed by atoms with Crippen molar-refractivity contribution in [3.05, 3.63) is 17.9 Å². The Balaban J connectivity index is 3.82. The minimum Gasteiger partial charge on any atom is -0.388 e. The van der Waals surface area contributed by atoms with Crippen LogP contribution in [0.15, 0.2) is 17.9 Å². The lowest BCUT2D eigenvalue weighted by atomic mass is 10.1. The monoisotopic (exact) mass is 112 g/mol. The summed E-state index contributed by atoms with van der Waals surface area (Å²) >= 11 is 0. The van der Waals surface area contributed by atoms with Crippen molar-refractivity contribution >= 4 is 0 Å². The Kier molecular flexibility index (Phi) is 3.25. The SMILES string of the molecule is C=C=C(C)C(O)CC. The molecule has 0 spiro atoms. The fourth-order valence-corrected chi connectivity index (χ4v) is 0.424. The second-order valence-electron chi connectivity index (χ2n) is 1.78. The molecule has 0 amide bonds. The third-order valence-electron chi connectivity index (χ3n) is 1.17. The van der Waals surface area contributed by atoms with E-state index in [1.807, 2.05) is 13.8 Å². The molecule has 46 valence electrons. The van der Waals surface area contributed by atoms with Crippen molar-refractivity contribution in [3.63, 3.8) is 0 Å². The molecule has 0 heterocycles. The minimum absolute atomic E-state index is 0.340. The Morgan fingerprint density at radius 3 is 2.50 bits per heavy atom. The first-order valence-electron chi connectivity index (χ1n) is 2.77. The molecule has 1 nitrogen and oxygen atoms in total. The average molecular weight is 112 g/mol. The predicted molar refractivity (Wildman–Crippen MR) is 34.6 cm³/mol. The highest BCUT2D eigenvalue weighted by atomic mass is 16.3. The van der Waals surface area contributed by atoms with Crippen LogP contribution in [-0.2, 0) is 0 Å². The summed E-state index contributed by atoms with van der Waals surface area (Å²) < 4.78 is 0. The van der Waals surface area contributed by atoms with Gasteiger partial charge < -0.3 is 5.11 Å². The van der Waals surface area contributed by atoms with E-state index >= 15 is 0 Å². The van der Waals surface area contributed by atoms with Crippen molar-refractivity contribution in [3.8, 4) is 0 Å². The summed E-state index contributed by atoms with van der Waals surface area (Å²) in [5.74, 6) is 0. The van der Waals surface area contributed by atoms with Crippen molar-refractivity contribution in [2.45, 2.75) is 26.4 Å². The van der Waals surface area contributed by atoms with Crippen LogP contribution in [0, 0.1) is 0 Å². The van der Waals surface area contributed by atoms with E-state index in [4.69, 9.17) is 5.11 Å². The third-order valence-corrected chi connectivity index (χ3v) is 1.17.